The van der Waals surface area contributed by atoms with Crippen LogP contribution in [0.5, 0.6) is 0 Å². The van der Waals surface area contributed by atoms with Crippen molar-refractivity contribution >= 4 is 35.8 Å². The van der Waals surface area contributed by atoms with E-state index in [1.165, 1.54) is 6.07 Å². The largest absolute Gasteiger partial charge is 0.392 e. The summed E-state index contributed by atoms with van der Waals surface area (Å²) < 4.78 is 14.0. The molecule has 28 heavy (non-hydrogen) atoms. The smallest absolute Gasteiger partial charge is 0.191 e. The Kier molecular flexibility index (Phi) is 8.91. The molecule has 152 valence electrons. The summed E-state index contributed by atoms with van der Waals surface area (Å²) in [5.41, 5.74) is 1.88. The summed E-state index contributed by atoms with van der Waals surface area (Å²) in [6.07, 6.45) is 2.50. The number of aliphatic hydroxyl groups is 1. The van der Waals surface area contributed by atoms with E-state index >= 15 is 0 Å². The number of halogens is 2. The van der Waals surface area contributed by atoms with Crippen molar-refractivity contribution in [2.24, 2.45) is 4.99 Å². The predicted molar refractivity (Wildman–Crippen MR) is 121 cm³/mol. The molecule has 0 amide bonds. The fourth-order valence-electron chi connectivity index (χ4n) is 3.22. The molecule has 0 bridgehead atoms. The number of anilines is 1. The lowest BCUT2D eigenvalue weighted by atomic mass is 10.1. The zero-order chi connectivity index (χ0) is 19.1. The van der Waals surface area contributed by atoms with Crippen molar-refractivity contribution in [2.75, 3.05) is 24.5 Å². The van der Waals surface area contributed by atoms with Crippen molar-refractivity contribution in [1.29, 1.82) is 0 Å². The van der Waals surface area contributed by atoms with Gasteiger partial charge in [0.1, 0.15) is 0 Å². The van der Waals surface area contributed by atoms with Gasteiger partial charge in [0.25, 0.3) is 0 Å². The van der Waals surface area contributed by atoms with Crippen LogP contribution in [0.1, 0.15) is 24.5 Å². The van der Waals surface area contributed by atoms with E-state index in [1.54, 1.807) is 12.3 Å². The molecule has 0 aliphatic carbocycles. The monoisotopic (exact) mass is 499 g/mol. The standard InChI is InChI=1S/C20H26FN5O.HI/c1-2-22-20(24-12-15-6-3-4-7-16(15)14-27)25-17-9-11-26(13-17)19-18(21)8-5-10-23-19;/h3-8,10,17,27H,2,9,11-14H2,1H3,(H2,22,24,25);1H. The molecule has 1 fully saturated rings. The molecule has 1 atom stereocenters. The summed E-state index contributed by atoms with van der Waals surface area (Å²) >= 11 is 0. The average molecular weight is 499 g/mol. The van der Waals surface area contributed by atoms with Crippen molar-refractivity contribution in [1.82, 2.24) is 15.6 Å². The zero-order valence-electron chi connectivity index (χ0n) is 15.9. The second kappa shape index (κ2) is 11.2. The van der Waals surface area contributed by atoms with Crippen molar-refractivity contribution in [3.63, 3.8) is 0 Å². The molecule has 1 aromatic heterocycles. The number of benzene rings is 1. The number of aliphatic imine (C=N–C) groups is 1. The van der Waals surface area contributed by atoms with E-state index < -0.39 is 0 Å². The maximum atomic E-state index is 14.0. The minimum atomic E-state index is -0.292. The molecular weight excluding hydrogens is 472 g/mol. The Hall–Kier alpha value is -1.94. The number of aliphatic hydroxyl groups excluding tert-OH is 1. The van der Waals surface area contributed by atoms with Gasteiger partial charge in [-0.2, -0.15) is 0 Å². The Labute approximate surface area is 182 Å². The zero-order valence-corrected chi connectivity index (χ0v) is 18.3. The van der Waals surface area contributed by atoms with E-state index in [4.69, 9.17) is 0 Å². The van der Waals surface area contributed by atoms with E-state index in [2.05, 4.69) is 20.6 Å². The van der Waals surface area contributed by atoms with Crippen molar-refractivity contribution in [2.45, 2.75) is 32.5 Å². The van der Waals surface area contributed by atoms with Gasteiger partial charge in [-0.1, -0.05) is 24.3 Å². The lowest BCUT2D eigenvalue weighted by Gasteiger charge is -2.20. The third-order valence-electron chi connectivity index (χ3n) is 4.61. The fraction of sp³-hybridized carbons (Fsp3) is 0.400. The molecule has 3 N–H and O–H groups in total. The summed E-state index contributed by atoms with van der Waals surface area (Å²) in [5.74, 6) is 0.832. The lowest BCUT2D eigenvalue weighted by Crippen LogP contribution is -2.44. The summed E-state index contributed by atoms with van der Waals surface area (Å²) in [7, 11) is 0. The first-order chi connectivity index (χ1) is 13.2. The number of rotatable bonds is 6. The first-order valence-corrected chi connectivity index (χ1v) is 9.29. The van der Waals surface area contributed by atoms with Crippen LogP contribution < -0.4 is 15.5 Å². The second-order valence-electron chi connectivity index (χ2n) is 6.51. The molecule has 2 heterocycles. The molecule has 1 aromatic carbocycles. The van der Waals surface area contributed by atoms with Crippen LogP contribution in [0, 0.1) is 5.82 Å². The molecule has 0 radical (unpaired) electrons. The maximum absolute atomic E-state index is 14.0. The highest BCUT2D eigenvalue weighted by atomic mass is 127. The average Bonchev–Trinajstić information content (AvgIpc) is 3.15. The Balaban J connectivity index is 0.00000280. The molecule has 8 heteroatoms. The van der Waals surface area contributed by atoms with E-state index in [0.717, 1.165) is 36.6 Å². The van der Waals surface area contributed by atoms with Gasteiger partial charge < -0.3 is 20.6 Å². The topological polar surface area (TPSA) is 72.8 Å². The third kappa shape index (κ3) is 5.78. The molecule has 1 unspecified atom stereocenters. The minimum Gasteiger partial charge on any atom is -0.392 e. The van der Waals surface area contributed by atoms with E-state index in [-0.39, 0.29) is 42.4 Å². The Bertz CT molecular complexity index is 789. The third-order valence-corrected chi connectivity index (χ3v) is 4.61. The minimum absolute atomic E-state index is 0. The highest BCUT2D eigenvalue weighted by Crippen LogP contribution is 2.20. The van der Waals surface area contributed by atoms with Crippen LogP contribution in [0.15, 0.2) is 47.6 Å². The van der Waals surface area contributed by atoms with Crippen LogP contribution in [-0.2, 0) is 13.2 Å². The van der Waals surface area contributed by atoms with Gasteiger partial charge >= 0.3 is 0 Å². The van der Waals surface area contributed by atoms with Gasteiger partial charge in [-0.3, -0.25) is 0 Å². The summed E-state index contributed by atoms with van der Waals surface area (Å²) in [6, 6.07) is 10.9. The number of aromatic nitrogens is 1. The van der Waals surface area contributed by atoms with Gasteiger partial charge in [-0.25, -0.2) is 14.4 Å². The number of nitrogens with one attached hydrogen (secondary N) is 2. The van der Waals surface area contributed by atoms with Crippen molar-refractivity contribution < 1.29 is 9.50 Å². The van der Waals surface area contributed by atoms with E-state index in [1.807, 2.05) is 36.1 Å². The Morgan fingerprint density at radius 1 is 1.29 bits per heavy atom. The highest BCUT2D eigenvalue weighted by molar-refractivity contribution is 14.0. The first kappa shape index (κ1) is 22.4. The number of guanidine groups is 1. The van der Waals surface area contributed by atoms with Gasteiger partial charge in [0.05, 0.1) is 13.2 Å². The van der Waals surface area contributed by atoms with Gasteiger partial charge in [0, 0.05) is 31.9 Å². The maximum Gasteiger partial charge on any atom is 0.191 e. The van der Waals surface area contributed by atoms with Crippen LogP contribution in [0.3, 0.4) is 0 Å². The molecule has 1 aliphatic heterocycles. The first-order valence-electron chi connectivity index (χ1n) is 9.29. The highest BCUT2D eigenvalue weighted by Gasteiger charge is 2.25. The molecule has 3 rings (SSSR count). The van der Waals surface area contributed by atoms with Gasteiger partial charge in [-0.15, -0.1) is 24.0 Å². The summed E-state index contributed by atoms with van der Waals surface area (Å²) in [6.45, 7) is 4.67. The Morgan fingerprint density at radius 2 is 2.07 bits per heavy atom. The molecule has 1 aliphatic rings. The number of hydrogen-bond acceptors (Lipinski definition) is 4. The summed E-state index contributed by atoms with van der Waals surface area (Å²) in [4.78, 5) is 10.8. The normalized spacial score (nSPS) is 16.6. The SMILES string of the molecule is CCNC(=NCc1ccccc1CO)NC1CCN(c2ncccc2F)C1.I. The van der Waals surface area contributed by atoms with Crippen molar-refractivity contribution in [3.05, 3.63) is 59.5 Å². The molecule has 6 nitrogen and oxygen atoms in total. The van der Waals surface area contributed by atoms with E-state index in [9.17, 15) is 9.50 Å². The lowest BCUT2D eigenvalue weighted by molar-refractivity contribution is 0.280. The van der Waals surface area contributed by atoms with Crippen LogP contribution >= 0.6 is 24.0 Å². The summed E-state index contributed by atoms with van der Waals surface area (Å²) in [5, 5.41) is 16.1. The van der Waals surface area contributed by atoms with Crippen molar-refractivity contribution in [3.8, 4) is 0 Å². The second-order valence-corrected chi connectivity index (χ2v) is 6.51. The molecule has 2 aromatic rings. The number of pyridine rings is 1. The van der Waals surface area contributed by atoms with Crippen LogP contribution in [0.25, 0.3) is 0 Å². The quantitative estimate of drug-likeness (QED) is 0.324. The van der Waals surface area contributed by atoms with Crippen LogP contribution in [-0.4, -0.2) is 41.7 Å². The molecule has 1 saturated heterocycles. The number of hydrogen-bond donors (Lipinski definition) is 3. The molecular formula is C20H27FIN5O. The van der Waals surface area contributed by atoms with Crippen LogP contribution in [0.2, 0.25) is 0 Å². The fourth-order valence-corrected chi connectivity index (χ4v) is 3.22. The van der Waals surface area contributed by atoms with Gasteiger partial charge in [0.15, 0.2) is 17.6 Å². The Morgan fingerprint density at radius 3 is 2.79 bits per heavy atom. The van der Waals surface area contributed by atoms with Gasteiger partial charge in [0.2, 0.25) is 0 Å². The predicted octanol–water partition coefficient (Wildman–Crippen LogP) is 2.67. The molecule has 0 saturated carbocycles. The van der Waals surface area contributed by atoms with E-state index in [0.29, 0.717) is 18.9 Å². The van der Waals surface area contributed by atoms with Crippen LogP contribution in [0.4, 0.5) is 10.2 Å². The van der Waals surface area contributed by atoms with Gasteiger partial charge in [-0.05, 0) is 36.6 Å². The number of nitrogens with zero attached hydrogens (tertiary/aromatic N) is 3. The molecule has 0 spiro atoms.